The van der Waals surface area contributed by atoms with E-state index in [1.807, 2.05) is 47.9 Å². The molecule has 31 heavy (non-hydrogen) atoms. The maximum atomic E-state index is 13.2. The summed E-state index contributed by atoms with van der Waals surface area (Å²) in [6.45, 7) is 8.87. The standard InChI is InChI=1S/C23H30N4O3S/c1-17-20(18(2)30-24-17)16-31-21-8-4-3-7-19(21)23(29)27-13-11-25(12-14-27)15-22(28)26-9-5-6-10-26/h3-4,7-8H,5-6,9-16H2,1-2H3. The lowest BCUT2D eigenvalue weighted by Crippen LogP contribution is -2.51. The molecule has 0 unspecified atom stereocenters. The van der Waals surface area contributed by atoms with Gasteiger partial charge in [0.15, 0.2) is 0 Å². The van der Waals surface area contributed by atoms with Crippen LogP contribution in [-0.2, 0) is 10.5 Å². The molecule has 0 aliphatic carbocycles. The summed E-state index contributed by atoms with van der Waals surface area (Å²) in [7, 11) is 0. The first-order valence-corrected chi connectivity index (χ1v) is 11.9. The number of benzene rings is 1. The Morgan fingerprint density at radius 1 is 1.00 bits per heavy atom. The fraction of sp³-hybridized carbons (Fsp3) is 0.522. The van der Waals surface area contributed by atoms with E-state index in [4.69, 9.17) is 4.52 Å². The smallest absolute Gasteiger partial charge is 0.255 e. The number of carbonyl (C=O) groups is 2. The predicted octanol–water partition coefficient (Wildman–Crippen LogP) is 2.96. The summed E-state index contributed by atoms with van der Waals surface area (Å²) < 4.78 is 5.26. The molecule has 7 nitrogen and oxygen atoms in total. The van der Waals surface area contributed by atoms with Gasteiger partial charge in [-0.2, -0.15) is 0 Å². The maximum Gasteiger partial charge on any atom is 0.255 e. The van der Waals surface area contributed by atoms with E-state index >= 15 is 0 Å². The summed E-state index contributed by atoms with van der Waals surface area (Å²) in [6.07, 6.45) is 2.23. The number of piperazine rings is 1. The third kappa shape index (κ3) is 5.13. The molecule has 2 saturated heterocycles. The van der Waals surface area contributed by atoms with Gasteiger partial charge in [0.25, 0.3) is 5.91 Å². The van der Waals surface area contributed by atoms with E-state index < -0.39 is 0 Å². The Morgan fingerprint density at radius 2 is 1.71 bits per heavy atom. The van der Waals surface area contributed by atoms with Crippen molar-refractivity contribution in [2.24, 2.45) is 0 Å². The Kier molecular flexibility index (Phi) is 6.97. The van der Waals surface area contributed by atoms with Crippen LogP contribution in [0.2, 0.25) is 0 Å². The van der Waals surface area contributed by atoms with Gasteiger partial charge in [-0.15, -0.1) is 11.8 Å². The first-order chi connectivity index (χ1) is 15.0. The molecule has 0 spiro atoms. The highest BCUT2D eigenvalue weighted by Crippen LogP contribution is 2.29. The molecule has 2 aromatic rings. The van der Waals surface area contributed by atoms with Crippen LogP contribution in [0.3, 0.4) is 0 Å². The second-order valence-corrected chi connectivity index (χ2v) is 9.26. The minimum Gasteiger partial charge on any atom is -0.361 e. The predicted molar refractivity (Wildman–Crippen MR) is 120 cm³/mol. The zero-order valence-electron chi connectivity index (χ0n) is 18.3. The summed E-state index contributed by atoms with van der Waals surface area (Å²) in [5.74, 6) is 1.83. The van der Waals surface area contributed by atoms with E-state index in [-0.39, 0.29) is 11.8 Å². The van der Waals surface area contributed by atoms with Crippen molar-refractivity contribution in [1.82, 2.24) is 19.9 Å². The van der Waals surface area contributed by atoms with E-state index in [2.05, 4.69) is 10.1 Å². The molecule has 0 N–H and O–H groups in total. The molecule has 1 aromatic heterocycles. The normalized spacial score (nSPS) is 17.4. The lowest BCUT2D eigenvalue weighted by Gasteiger charge is -2.35. The van der Waals surface area contributed by atoms with Crippen LogP contribution in [0.5, 0.6) is 0 Å². The number of carbonyl (C=O) groups excluding carboxylic acids is 2. The van der Waals surface area contributed by atoms with Gasteiger partial charge in [0.05, 0.1) is 17.8 Å². The highest BCUT2D eigenvalue weighted by atomic mass is 32.2. The maximum absolute atomic E-state index is 13.2. The summed E-state index contributed by atoms with van der Waals surface area (Å²) in [5.41, 5.74) is 2.72. The largest absolute Gasteiger partial charge is 0.361 e. The summed E-state index contributed by atoms with van der Waals surface area (Å²) in [4.78, 5) is 32.7. The van der Waals surface area contributed by atoms with E-state index in [9.17, 15) is 9.59 Å². The number of thioether (sulfide) groups is 1. The van der Waals surface area contributed by atoms with Crippen LogP contribution in [0.15, 0.2) is 33.7 Å². The number of rotatable bonds is 6. The lowest BCUT2D eigenvalue weighted by molar-refractivity contribution is -0.131. The number of aromatic nitrogens is 1. The molecular formula is C23H30N4O3S. The Labute approximate surface area is 187 Å². The molecule has 2 aliphatic rings. The Balaban J connectivity index is 1.34. The van der Waals surface area contributed by atoms with Crippen LogP contribution in [0, 0.1) is 13.8 Å². The Hall–Kier alpha value is -2.32. The summed E-state index contributed by atoms with van der Waals surface area (Å²) in [5, 5.41) is 4.02. The van der Waals surface area contributed by atoms with Crippen LogP contribution < -0.4 is 0 Å². The zero-order chi connectivity index (χ0) is 21.8. The molecule has 4 rings (SSSR count). The number of hydrogen-bond donors (Lipinski definition) is 0. The number of likely N-dealkylation sites (tertiary alicyclic amines) is 1. The third-order valence-corrected chi connectivity index (χ3v) is 7.25. The van der Waals surface area contributed by atoms with E-state index in [0.717, 1.165) is 72.3 Å². The van der Waals surface area contributed by atoms with Gasteiger partial charge < -0.3 is 14.3 Å². The second kappa shape index (κ2) is 9.87. The van der Waals surface area contributed by atoms with Crippen molar-refractivity contribution in [1.29, 1.82) is 0 Å². The molecule has 0 saturated carbocycles. The molecule has 166 valence electrons. The molecule has 2 aliphatic heterocycles. The minimum absolute atomic E-state index is 0.0624. The van der Waals surface area contributed by atoms with Crippen LogP contribution in [0.1, 0.15) is 40.2 Å². The first kappa shape index (κ1) is 21.9. The Morgan fingerprint density at radius 3 is 2.39 bits per heavy atom. The number of aryl methyl sites for hydroxylation is 2. The molecule has 1 aromatic carbocycles. The summed E-state index contributed by atoms with van der Waals surface area (Å²) >= 11 is 1.64. The molecule has 0 atom stereocenters. The van der Waals surface area contributed by atoms with Gasteiger partial charge in [-0.05, 0) is 38.8 Å². The SMILES string of the molecule is Cc1noc(C)c1CSc1ccccc1C(=O)N1CCN(CC(=O)N2CCCC2)CC1. The Bertz CT molecular complexity index is 911. The average molecular weight is 443 g/mol. The van der Waals surface area contributed by atoms with Gasteiger partial charge >= 0.3 is 0 Å². The van der Waals surface area contributed by atoms with E-state index in [1.165, 1.54) is 0 Å². The highest BCUT2D eigenvalue weighted by molar-refractivity contribution is 7.98. The van der Waals surface area contributed by atoms with Crippen molar-refractivity contribution >= 4 is 23.6 Å². The van der Waals surface area contributed by atoms with E-state index in [1.54, 1.807) is 11.8 Å². The quantitative estimate of drug-likeness (QED) is 0.641. The molecule has 3 heterocycles. The molecule has 8 heteroatoms. The molecular weight excluding hydrogens is 412 g/mol. The van der Waals surface area contributed by atoms with E-state index in [0.29, 0.717) is 19.6 Å². The molecule has 2 fully saturated rings. The minimum atomic E-state index is 0.0624. The fourth-order valence-electron chi connectivity index (χ4n) is 4.16. The van der Waals surface area contributed by atoms with Gasteiger partial charge in [0.1, 0.15) is 5.76 Å². The van der Waals surface area contributed by atoms with Crippen LogP contribution in [-0.4, -0.2) is 77.5 Å². The van der Waals surface area contributed by atoms with Crippen molar-refractivity contribution in [2.75, 3.05) is 45.8 Å². The van der Waals surface area contributed by atoms with Gasteiger partial charge in [0, 0.05) is 55.5 Å². The molecule has 0 bridgehead atoms. The number of amides is 2. The summed E-state index contributed by atoms with van der Waals surface area (Å²) in [6, 6.07) is 7.79. The topological polar surface area (TPSA) is 69.9 Å². The van der Waals surface area contributed by atoms with Crippen LogP contribution in [0.25, 0.3) is 0 Å². The fourth-order valence-corrected chi connectivity index (χ4v) is 5.36. The van der Waals surface area contributed by atoms with Gasteiger partial charge in [-0.1, -0.05) is 17.3 Å². The van der Waals surface area contributed by atoms with Crippen LogP contribution >= 0.6 is 11.8 Å². The zero-order valence-corrected chi connectivity index (χ0v) is 19.1. The monoisotopic (exact) mass is 442 g/mol. The molecule has 0 radical (unpaired) electrons. The lowest BCUT2D eigenvalue weighted by atomic mass is 10.2. The van der Waals surface area contributed by atoms with Crippen molar-refractivity contribution < 1.29 is 14.1 Å². The van der Waals surface area contributed by atoms with Gasteiger partial charge in [-0.25, -0.2) is 0 Å². The van der Waals surface area contributed by atoms with Crippen molar-refractivity contribution in [3.63, 3.8) is 0 Å². The third-order valence-electron chi connectivity index (χ3n) is 6.15. The highest BCUT2D eigenvalue weighted by Gasteiger charge is 2.26. The van der Waals surface area contributed by atoms with Crippen LogP contribution in [0.4, 0.5) is 0 Å². The number of hydrogen-bond acceptors (Lipinski definition) is 6. The van der Waals surface area contributed by atoms with Crippen molar-refractivity contribution in [2.45, 2.75) is 37.3 Å². The average Bonchev–Trinajstić information content (AvgIpc) is 3.43. The van der Waals surface area contributed by atoms with Crippen molar-refractivity contribution in [3.8, 4) is 0 Å². The second-order valence-electron chi connectivity index (χ2n) is 8.24. The first-order valence-electron chi connectivity index (χ1n) is 11.0. The van der Waals surface area contributed by atoms with Gasteiger partial charge in [0.2, 0.25) is 5.91 Å². The van der Waals surface area contributed by atoms with Crippen molar-refractivity contribution in [3.05, 3.63) is 46.8 Å². The molecule has 2 amide bonds. The van der Waals surface area contributed by atoms with Gasteiger partial charge in [-0.3, -0.25) is 14.5 Å². The number of nitrogens with zero attached hydrogens (tertiary/aromatic N) is 4.